The van der Waals surface area contributed by atoms with Crippen molar-refractivity contribution >= 4 is 35.2 Å². The Kier molecular flexibility index (Phi) is 11.2. The lowest BCUT2D eigenvalue weighted by atomic mass is 10.1. The molecule has 1 amide bonds. The molecule has 1 fully saturated rings. The highest BCUT2D eigenvalue weighted by molar-refractivity contribution is 6.32. The van der Waals surface area contributed by atoms with Crippen LogP contribution in [0, 0.1) is 13.8 Å². The number of pyridine rings is 1. The summed E-state index contributed by atoms with van der Waals surface area (Å²) < 4.78 is 17.8. The van der Waals surface area contributed by atoms with Crippen molar-refractivity contribution in [2.45, 2.75) is 27.0 Å². The largest absolute Gasteiger partial charge is 0.487 e. The number of aromatic nitrogens is 1. The molecular formula is C40H37Cl2N3O4. The van der Waals surface area contributed by atoms with Crippen LogP contribution in [-0.4, -0.2) is 46.9 Å². The molecule has 0 unspecified atom stereocenters. The summed E-state index contributed by atoms with van der Waals surface area (Å²) in [7, 11) is 0. The van der Waals surface area contributed by atoms with E-state index in [9.17, 15) is 4.79 Å². The first-order valence-corrected chi connectivity index (χ1v) is 16.9. The highest BCUT2D eigenvalue weighted by Gasteiger charge is 2.20. The van der Waals surface area contributed by atoms with E-state index < -0.39 is 0 Å². The fourth-order valence-corrected chi connectivity index (χ4v) is 5.85. The van der Waals surface area contributed by atoms with Gasteiger partial charge in [-0.25, -0.2) is 4.98 Å². The molecule has 0 spiro atoms. The molecule has 2 heterocycles. The van der Waals surface area contributed by atoms with Crippen LogP contribution >= 0.6 is 23.2 Å². The van der Waals surface area contributed by atoms with Gasteiger partial charge in [0, 0.05) is 49.9 Å². The van der Waals surface area contributed by atoms with Crippen LogP contribution in [0.1, 0.15) is 27.8 Å². The molecule has 0 N–H and O–H groups in total. The van der Waals surface area contributed by atoms with Crippen LogP contribution in [0.4, 0.5) is 0 Å². The van der Waals surface area contributed by atoms with Gasteiger partial charge < -0.3 is 19.1 Å². The van der Waals surface area contributed by atoms with Crippen molar-refractivity contribution < 1.29 is 19.0 Å². The molecule has 0 aliphatic carbocycles. The van der Waals surface area contributed by atoms with E-state index in [0.717, 1.165) is 47.8 Å². The lowest BCUT2D eigenvalue weighted by molar-refractivity contribution is -0.127. The van der Waals surface area contributed by atoms with Crippen molar-refractivity contribution in [1.29, 1.82) is 0 Å². The molecule has 0 radical (unpaired) electrons. The molecule has 1 aliphatic heterocycles. The van der Waals surface area contributed by atoms with E-state index in [-0.39, 0.29) is 5.91 Å². The van der Waals surface area contributed by atoms with Gasteiger partial charge in [0.1, 0.15) is 23.9 Å². The number of carbonyl (C=O) groups excluding carboxylic acids is 1. The summed E-state index contributed by atoms with van der Waals surface area (Å²) in [5, 5.41) is 1.11. The number of amides is 1. The molecule has 9 heteroatoms. The predicted molar refractivity (Wildman–Crippen MR) is 195 cm³/mol. The molecule has 0 bridgehead atoms. The zero-order valence-corrected chi connectivity index (χ0v) is 29.0. The van der Waals surface area contributed by atoms with Crippen molar-refractivity contribution in [2.24, 2.45) is 0 Å². The van der Waals surface area contributed by atoms with Gasteiger partial charge in [-0.05, 0) is 96.8 Å². The van der Waals surface area contributed by atoms with Gasteiger partial charge in [0.25, 0.3) is 0 Å². The lowest BCUT2D eigenvalue weighted by Crippen LogP contribution is -2.47. The molecule has 250 valence electrons. The van der Waals surface area contributed by atoms with Crippen molar-refractivity contribution in [2.75, 3.05) is 26.2 Å². The molecule has 4 aromatic carbocycles. The van der Waals surface area contributed by atoms with E-state index >= 15 is 0 Å². The minimum Gasteiger partial charge on any atom is -0.487 e. The Morgan fingerprint density at radius 2 is 1.43 bits per heavy atom. The normalized spacial score (nSPS) is 13.4. The Bertz CT molecular complexity index is 1860. The number of hydrogen-bond acceptors (Lipinski definition) is 6. The third-order valence-electron chi connectivity index (χ3n) is 8.17. The van der Waals surface area contributed by atoms with E-state index in [1.54, 1.807) is 42.6 Å². The zero-order valence-electron chi connectivity index (χ0n) is 27.4. The SMILES string of the molecule is Cc1ccc(COc2ccc(Oc3c(C)cc(/C=C/C(=O)N4CCN(Cc5ccc(Oc6ccc(Cl)cc6)cc5)CC4)cc3Cl)nc2)cc1. The lowest BCUT2D eigenvalue weighted by Gasteiger charge is -2.34. The summed E-state index contributed by atoms with van der Waals surface area (Å²) in [6, 6.07) is 30.9. The van der Waals surface area contributed by atoms with Gasteiger partial charge in [0.05, 0.1) is 11.2 Å². The Morgan fingerprint density at radius 1 is 0.776 bits per heavy atom. The number of benzene rings is 4. The molecule has 1 aliphatic rings. The average molecular weight is 695 g/mol. The molecule has 1 aromatic heterocycles. The van der Waals surface area contributed by atoms with Gasteiger partial charge in [-0.2, -0.15) is 0 Å². The number of piperazine rings is 1. The second-order valence-electron chi connectivity index (χ2n) is 12.0. The van der Waals surface area contributed by atoms with E-state index in [1.165, 1.54) is 11.1 Å². The smallest absolute Gasteiger partial charge is 0.246 e. The number of halogens is 2. The number of nitrogens with zero attached hydrogens (tertiary/aromatic N) is 3. The summed E-state index contributed by atoms with van der Waals surface area (Å²) in [4.78, 5) is 21.6. The molecule has 5 aromatic rings. The second kappa shape index (κ2) is 16.1. The zero-order chi connectivity index (χ0) is 34.2. The first kappa shape index (κ1) is 34.1. The number of carbonyl (C=O) groups is 1. The first-order chi connectivity index (χ1) is 23.8. The van der Waals surface area contributed by atoms with Gasteiger partial charge in [0.15, 0.2) is 5.75 Å². The molecule has 6 rings (SSSR count). The predicted octanol–water partition coefficient (Wildman–Crippen LogP) is 9.53. The first-order valence-electron chi connectivity index (χ1n) is 16.1. The van der Waals surface area contributed by atoms with Crippen LogP contribution in [0.3, 0.4) is 0 Å². The van der Waals surface area contributed by atoms with Crippen LogP contribution in [-0.2, 0) is 17.9 Å². The molecule has 7 nitrogen and oxygen atoms in total. The highest BCUT2D eigenvalue weighted by atomic mass is 35.5. The summed E-state index contributed by atoms with van der Waals surface area (Å²) in [5.74, 6) is 3.07. The van der Waals surface area contributed by atoms with Crippen LogP contribution in [0.25, 0.3) is 6.08 Å². The molecule has 0 atom stereocenters. The fraction of sp³-hybridized carbons (Fsp3) is 0.200. The van der Waals surface area contributed by atoms with Gasteiger partial charge in [0.2, 0.25) is 11.8 Å². The highest BCUT2D eigenvalue weighted by Crippen LogP contribution is 2.34. The third-order valence-corrected chi connectivity index (χ3v) is 8.71. The fourth-order valence-electron chi connectivity index (χ4n) is 5.41. The molecule has 1 saturated heterocycles. The van der Waals surface area contributed by atoms with Crippen molar-refractivity contribution in [3.63, 3.8) is 0 Å². The molecule has 0 saturated carbocycles. The van der Waals surface area contributed by atoms with Gasteiger partial charge >= 0.3 is 0 Å². The maximum Gasteiger partial charge on any atom is 0.246 e. The summed E-state index contributed by atoms with van der Waals surface area (Å²) in [5.41, 5.74) is 5.14. The standard InChI is InChI=1S/C40H37Cl2N3O4/c1-28-3-5-31(6-4-28)27-47-36-16-17-38(43-25-36)49-40-29(2)23-32(24-37(40)42)9-18-39(46)45-21-19-44(20-22-45)26-30-7-12-34(13-8-30)48-35-14-10-33(41)11-15-35/h3-18,23-25H,19-22,26-27H2,1-2H3/b18-9+. The second-order valence-corrected chi connectivity index (χ2v) is 12.8. The average Bonchev–Trinajstić information content (AvgIpc) is 3.11. The summed E-state index contributed by atoms with van der Waals surface area (Å²) >= 11 is 12.6. The van der Waals surface area contributed by atoms with E-state index in [2.05, 4.69) is 41.1 Å². The van der Waals surface area contributed by atoms with E-state index in [1.807, 2.05) is 60.4 Å². The summed E-state index contributed by atoms with van der Waals surface area (Å²) in [6.07, 6.45) is 5.04. The number of aryl methyl sites for hydroxylation is 2. The van der Waals surface area contributed by atoms with Crippen molar-refractivity contribution in [3.05, 3.63) is 147 Å². The van der Waals surface area contributed by atoms with Crippen molar-refractivity contribution in [1.82, 2.24) is 14.8 Å². The Balaban J connectivity index is 0.960. The maximum atomic E-state index is 13.0. The minimum atomic E-state index is -0.0219. The molecular weight excluding hydrogens is 657 g/mol. The van der Waals surface area contributed by atoms with Crippen molar-refractivity contribution in [3.8, 4) is 28.9 Å². The number of hydrogen-bond donors (Lipinski definition) is 0. The van der Waals surface area contributed by atoms with E-state index in [0.29, 0.717) is 47.1 Å². The Labute approximate surface area is 297 Å². The minimum absolute atomic E-state index is 0.0219. The third kappa shape index (κ3) is 9.63. The number of ether oxygens (including phenoxy) is 3. The van der Waals surface area contributed by atoms with Crippen LogP contribution < -0.4 is 14.2 Å². The Hall–Kier alpha value is -4.82. The van der Waals surface area contributed by atoms with E-state index in [4.69, 9.17) is 37.4 Å². The Morgan fingerprint density at radius 3 is 2.08 bits per heavy atom. The quantitative estimate of drug-likeness (QED) is 0.128. The van der Waals surface area contributed by atoms with Gasteiger partial charge in [-0.3, -0.25) is 9.69 Å². The number of rotatable bonds is 11. The van der Waals surface area contributed by atoms with Crippen LogP contribution in [0.5, 0.6) is 28.9 Å². The van der Waals surface area contributed by atoms with Crippen LogP contribution in [0.2, 0.25) is 10.0 Å². The topological polar surface area (TPSA) is 64.1 Å². The molecule has 49 heavy (non-hydrogen) atoms. The van der Waals surface area contributed by atoms with Gasteiger partial charge in [-0.15, -0.1) is 0 Å². The summed E-state index contributed by atoms with van der Waals surface area (Å²) in [6.45, 7) is 8.17. The van der Waals surface area contributed by atoms with Gasteiger partial charge in [-0.1, -0.05) is 65.2 Å². The maximum absolute atomic E-state index is 13.0. The van der Waals surface area contributed by atoms with Crippen LogP contribution in [0.15, 0.2) is 109 Å². The monoisotopic (exact) mass is 693 g/mol.